The minimum Gasteiger partial charge on any atom is -0.264 e. The summed E-state index contributed by atoms with van der Waals surface area (Å²) in [5.41, 5.74) is 0. The molecule has 0 aromatic carbocycles. The van der Waals surface area contributed by atoms with Gasteiger partial charge in [-0.2, -0.15) is 13.2 Å². The highest BCUT2D eigenvalue weighted by molar-refractivity contribution is 4.79. The molecule has 2 atom stereocenters. The average Bonchev–Trinajstić information content (AvgIpc) is 2.30. The lowest BCUT2D eigenvalue weighted by Gasteiger charge is -2.12. The molecule has 0 amide bonds. The molecule has 0 saturated heterocycles. The molecule has 0 heterocycles. The van der Waals surface area contributed by atoms with E-state index < -0.39 is 23.1 Å². The van der Waals surface area contributed by atoms with Gasteiger partial charge in [0, 0.05) is 17.8 Å². The van der Waals surface area contributed by atoms with E-state index in [9.17, 15) is 23.3 Å². The standard InChI is InChI=1S/C6H8F3NO2/c7-6(8,9)4-1-2-5(3-4)10(11)12/h4-5H,1-3H2/t4-,5-/m1/s1. The summed E-state index contributed by atoms with van der Waals surface area (Å²) in [5.74, 6) is -1.46. The van der Waals surface area contributed by atoms with Crippen molar-refractivity contribution in [3.8, 4) is 0 Å². The minimum absolute atomic E-state index is 0.0528. The predicted molar refractivity (Wildman–Crippen MR) is 34.2 cm³/mol. The third-order valence-electron chi connectivity index (χ3n) is 2.17. The Labute approximate surface area is 66.7 Å². The smallest absolute Gasteiger partial charge is 0.264 e. The van der Waals surface area contributed by atoms with Crippen LogP contribution in [0, 0.1) is 16.0 Å². The van der Waals surface area contributed by atoms with E-state index in [0.29, 0.717) is 0 Å². The monoisotopic (exact) mass is 183 g/mol. The molecule has 1 saturated carbocycles. The maximum atomic E-state index is 12.0. The SMILES string of the molecule is O=[N+]([O-])[C@@H]1CC[C@@H](C(F)(F)F)C1. The van der Waals surface area contributed by atoms with Gasteiger partial charge in [0.1, 0.15) is 0 Å². The first kappa shape index (κ1) is 9.28. The topological polar surface area (TPSA) is 43.1 Å². The molecule has 6 heteroatoms. The normalized spacial score (nSPS) is 30.6. The number of rotatable bonds is 1. The Balaban J connectivity index is 2.51. The summed E-state index contributed by atoms with van der Waals surface area (Å²) in [6.45, 7) is 0. The van der Waals surface area contributed by atoms with Gasteiger partial charge in [-0.1, -0.05) is 0 Å². The van der Waals surface area contributed by atoms with Gasteiger partial charge in [0.2, 0.25) is 6.04 Å². The van der Waals surface area contributed by atoms with Crippen molar-refractivity contribution >= 4 is 0 Å². The Morgan fingerprint density at radius 2 is 1.92 bits per heavy atom. The highest BCUT2D eigenvalue weighted by atomic mass is 19.4. The van der Waals surface area contributed by atoms with E-state index in [1.165, 1.54) is 0 Å². The molecule has 12 heavy (non-hydrogen) atoms. The Kier molecular flexibility index (Phi) is 2.25. The van der Waals surface area contributed by atoms with Crippen molar-refractivity contribution in [3.63, 3.8) is 0 Å². The van der Waals surface area contributed by atoms with E-state index in [-0.39, 0.29) is 19.3 Å². The second-order valence-electron chi connectivity index (χ2n) is 2.99. The molecule has 0 aromatic rings. The summed E-state index contributed by atoms with van der Waals surface area (Å²) in [6.07, 6.45) is -4.66. The van der Waals surface area contributed by atoms with Crippen molar-refractivity contribution < 1.29 is 18.1 Å². The Morgan fingerprint density at radius 3 is 2.17 bits per heavy atom. The van der Waals surface area contributed by atoms with Crippen LogP contribution in [0.5, 0.6) is 0 Å². The molecule has 0 N–H and O–H groups in total. The van der Waals surface area contributed by atoms with Crippen LogP contribution in [0.25, 0.3) is 0 Å². The van der Waals surface area contributed by atoms with Crippen LogP contribution in [0.15, 0.2) is 0 Å². The lowest BCUT2D eigenvalue weighted by molar-refractivity contribution is -0.521. The van der Waals surface area contributed by atoms with Crippen LogP contribution in [0.3, 0.4) is 0 Å². The van der Waals surface area contributed by atoms with Gasteiger partial charge in [-0.15, -0.1) is 0 Å². The minimum atomic E-state index is -4.26. The quantitative estimate of drug-likeness (QED) is 0.461. The number of hydrogen-bond acceptors (Lipinski definition) is 2. The molecule has 1 fully saturated rings. The van der Waals surface area contributed by atoms with E-state index in [0.717, 1.165) is 0 Å². The number of nitrogens with zero attached hydrogens (tertiary/aromatic N) is 1. The zero-order valence-electron chi connectivity index (χ0n) is 6.17. The first-order valence-corrected chi connectivity index (χ1v) is 3.61. The van der Waals surface area contributed by atoms with Crippen LogP contribution in [0.2, 0.25) is 0 Å². The van der Waals surface area contributed by atoms with Crippen molar-refractivity contribution in [2.24, 2.45) is 5.92 Å². The molecular weight excluding hydrogens is 175 g/mol. The summed E-state index contributed by atoms with van der Waals surface area (Å²) in [6, 6.07) is -0.989. The van der Waals surface area contributed by atoms with Crippen LogP contribution in [0.4, 0.5) is 13.2 Å². The van der Waals surface area contributed by atoms with Crippen molar-refractivity contribution in [1.29, 1.82) is 0 Å². The molecule has 0 bridgehead atoms. The molecule has 70 valence electrons. The number of halogens is 3. The Hall–Kier alpha value is -0.810. The molecule has 0 aliphatic heterocycles. The summed E-state index contributed by atoms with van der Waals surface area (Å²) in [7, 11) is 0. The van der Waals surface area contributed by atoms with Crippen LogP contribution in [-0.2, 0) is 0 Å². The van der Waals surface area contributed by atoms with Gasteiger partial charge in [0.25, 0.3) is 0 Å². The Bertz CT molecular complexity index is 192. The molecule has 0 aromatic heterocycles. The molecule has 0 radical (unpaired) electrons. The Morgan fingerprint density at radius 1 is 1.33 bits per heavy atom. The maximum absolute atomic E-state index is 12.0. The number of hydrogen-bond donors (Lipinski definition) is 0. The molecule has 3 nitrogen and oxygen atoms in total. The van der Waals surface area contributed by atoms with Gasteiger partial charge in [-0.25, -0.2) is 0 Å². The van der Waals surface area contributed by atoms with Crippen molar-refractivity contribution in [2.45, 2.75) is 31.5 Å². The lowest BCUT2D eigenvalue weighted by atomic mass is 10.1. The average molecular weight is 183 g/mol. The van der Waals surface area contributed by atoms with Crippen LogP contribution in [-0.4, -0.2) is 17.1 Å². The fourth-order valence-electron chi connectivity index (χ4n) is 1.45. The zero-order valence-corrected chi connectivity index (χ0v) is 6.17. The van der Waals surface area contributed by atoms with E-state index >= 15 is 0 Å². The lowest BCUT2D eigenvalue weighted by Crippen LogP contribution is -2.22. The van der Waals surface area contributed by atoms with Crippen molar-refractivity contribution in [2.75, 3.05) is 0 Å². The van der Waals surface area contributed by atoms with Crippen molar-refractivity contribution in [3.05, 3.63) is 10.1 Å². The van der Waals surface area contributed by atoms with Gasteiger partial charge in [-0.05, 0) is 6.42 Å². The molecule has 1 aliphatic rings. The fourth-order valence-corrected chi connectivity index (χ4v) is 1.45. The second-order valence-corrected chi connectivity index (χ2v) is 2.99. The third-order valence-corrected chi connectivity index (χ3v) is 2.17. The van der Waals surface area contributed by atoms with Gasteiger partial charge >= 0.3 is 6.18 Å². The molecule has 0 spiro atoms. The predicted octanol–water partition coefficient (Wildman–Crippen LogP) is 1.99. The molecular formula is C6H8F3NO2. The van der Waals surface area contributed by atoms with E-state index in [4.69, 9.17) is 0 Å². The largest absolute Gasteiger partial charge is 0.392 e. The van der Waals surface area contributed by atoms with Crippen molar-refractivity contribution in [1.82, 2.24) is 0 Å². The van der Waals surface area contributed by atoms with Crippen LogP contribution >= 0.6 is 0 Å². The first-order chi connectivity index (χ1) is 5.41. The number of nitro groups is 1. The zero-order chi connectivity index (χ0) is 9.35. The molecule has 1 rings (SSSR count). The second kappa shape index (κ2) is 2.91. The fraction of sp³-hybridized carbons (Fsp3) is 1.00. The van der Waals surface area contributed by atoms with E-state index in [2.05, 4.69) is 0 Å². The highest BCUT2D eigenvalue weighted by Crippen LogP contribution is 2.39. The number of alkyl halides is 3. The summed E-state index contributed by atoms with van der Waals surface area (Å²) in [4.78, 5) is 9.49. The van der Waals surface area contributed by atoms with E-state index in [1.807, 2.05) is 0 Å². The van der Waals surface area contributed by atoms with Gasteiger partial charge in [0.15, 0.2) is 0 Å². The maximum Gasteiger partial charge on any atom is 0.392 e. The summed E-state index contributed by atoms with van der Waals surface area (Å²) in [5, 5.41) is 10.1. The van der Waals surface area contributed by atoms with Crippen LogP contribution < -0.4 is 0 Å². The first-order valence-electron chi connectivity index (χ1n) is 3.61. The summed E-state index contributed by atoms with van der Waals surface area (Å²) < 4.78 is 35.9. The van der Waals surface area contributed by atoms with Crippen LogP contribution in [0.1, 0.15) is 19.3 Å². The molecule has 1 aliphatic carbocycles. The third kappa shape index (κ3) is 1.86. The highest BCUT2D eigenvalue weighted by Gasteiger charge is 2.47. The van der Waals surface area contributed by atoms with Gasteiger partial charge < -0.3 is 0 Å². The van der Waals surface area contributed by atoms with E-state index in [1.54, 1.807) is 0 Å². The van der Waals surface area contributed by atoms with Gasteiger partial charge in [-0.3, -0.25) is 10.1 Å². The molecule has 0 unspecified atom stereocenters. The summed E-state index contributed by atoms with van der Waals surface area (Å²) >= 11 is 0. The van der Waals surface area contributed by atoms with Gasteiger partial charge in [0.05, 0.1) is 5.92 Å².